The molecule has 2 fully saturated rings. The van der Waals surface area contributed by atoms with Gasteiger partial charge in [0.15, 0.2) is 0 Å². The second kappa shape index (κ2) is 5.65. The number of rotatable bonds is 3. The summed E-state index contributed by atoms with van der Waals surface area (Å²) in [6.45, 7) is 11.3. The Morgan fingerprint density at radius 2 is 1.47 bits per heavy atom. The zero-order chi connectivity index (χ0) is 14.1. The lowest BCUT2D eigenvalue weighted by atomic mass is 9.82. The van der Waals surface area contributed by atoms with Crippen LogP contribution in [0.4, 0.5) is 8.78 Å². The molecule has 4 heteroatoms. The Bertz CT molecular complexity index is 285. The molecule has 0 aliphatic carbocycles. The summed E-state index contributed by atoms with van der Waals surface area (Å²) in [6, 6.07) is 0.400. The second-order valence-corrected chi connectivity index (χ2v) is 7.21. The molecule has 2 aliphatic rings. The highest BCUT2D eigenvalue weighted by molar-refractivity contribution is 4.84. The summed E-state index contributed by atoms with van der Waals surface area (Å²) in [4.78, 5) is 4.74. The first-order chi connectivity index (χ1) is 8.77. The molecular weight excluding hydrogens is 246 g/mol. The minimum atomic E-state index is -2.43. The van der Waals surface area contributed by atoms with E-state index in [1.807, 2.05) is 0 Å². The van der Waals surface area contributed by atoms with Crippen LogP contribution in [0.15, 0.2) is 0 Å². The summed E-state index contributed by atoms with van der Waals surface area (Å²) in [5, 5.41) is 0. The highest BCUT2D eigenvalue weighted by atomic mass is 19.3. The quantitative estimate of drug-likeness (QED) is 0.779. The largest absolute Gasteiger partial charge is 0.302 e. The van der Waals surface area contributed by atoms with Gasteiger partial charge in [-0.15, -0.1) is 0 Å². The summed E-state index contributed by atoms with van der Waals surface area (Å²) in [5.74, 6) is -2.43. The van der Waals surface area contributed by atoms with Gasteiger partial charge in [0, 0.05) is 38.5 Å². The zero-order valence-electron chi connectivity index (χ0n) is 12.6. The first-order valence-electron chi connectivity index (χ1n) is 7.62. The molecule has 112 valence electrons. The van der Waals surface area contributed by atoms with E-state index < -0.39 is 5.92 Å². The normalized spacial score (nSPS) is 30.2. The van der Waals surface area contributed by atoms with E-state index in [4.69, 9.17) is 0 Å². The third-order valence-corrected chi connectivity index (χ3v) is 4.88. The Kier molecular flexibility index (Phi) is 4.51. The van der Waals surface area contributed by atoms with Crippen LogP contribution in [0.2, 0.25) is 0 Å². The van der Waals surface area contributed by atoms with Crippen LogP contribution < -0.4 is 0 Å². The molecule has 19 heavy (non-hydrogen) atoms. The van der Waals surface area contributed by atoms with Crippen LogP contribution in [-0.4, -0.2) is 54.5 Å². The molecule has 0 radical (unpaired) electrons. The van der Waals surface area contributed by atoms with Crippen molar-refractivity contribution in [1.29, 1.82) is 0 Å². The highest BCUT2D eigenvalue weighted by Gasteiger charge is 2.36. The van der Waals surface area contributed by atoms with Gasteiger partial charge in [0.1, 0.15) is 0 Å². The molecule has 2 saturated heterocycles. The molecule has 0 N–H and O–H groups in total. The zero-order valence-corrected chi connectivity index (χ0v) is 12.6. The van der Waals surface area contributed by atoms with Crippen LogP contribution in [0.25, 0.3) is 0 Å². The predicted octanol–water partition coefficient (Wildman–Crippen LogP) is 3.23. The van der Waals surface area contributed by atoms with Gasteiger partial charge in [-0.1, -0.05) is 13.8 Å². The SMILES string of the molecule is CC(CN1CCC(C)(C)CC1)N1CCC(F)(F)CC1. The van der Waals surface area contributed by atoms with Crippen molar-refractivity contribution < 1.29 is 8.78 Å². The first kappa shape index (κ1) is 15.2. The van der Waals surface area contributed by atoms with Crippen molar-refractivity contribution in [2.45, 2.75) is 58.4 Å². The van der Waals surface area contributed by atoms with Crippen molar-refractivity contribution in [2.75, 3.05) is 32.7 Å². The van der Waals surface area contributed by atoms with E-state index in [1.54, 1.807) is 0 Å². The lowest BCUT2D eigenvalue weighted by Crippen LogP contribution is -2.49. The van der Waals surface area contributed by atoms with Crippen molar-refractivity contribution in [3.63, 3.8) is 0 Å². The first-order valence-corrected chi connectivity index (χ1v) is 7.62. The maximum absolute atomic E-state index is 13.1. The van der Waals surface area contributed by atoms with Crippen LogP contribution >= 0.6 is 0 Å². The van der Waals surface area contributed by atoms with Crippen molar-refractivity contribution >= 4 is 0 Å². The minimum absolute atomic E-state index is 0.0321. The summed E-state index contributed by atoms with van der Waals surface area (Å²) in [7, 11) is 0. The smallest absolute Gasteiger partial charge is 0.250 e. The molecule has 2 heterocycles. The maximum Gasteiger partial charge on any atom is 0.250 e. The number of piperidine rings is 2. The predicted molar refractivity (Wildman–Crippen MR) is 74.7 cm³/mol. The van der Waals surface area contributed by atoms with Crippen molar-refractivity contribution in [1.82, 2.24) is 9.80 Å². The molecule has 0 amide bonds. The van der Waals surface area contributed by atoms with Gasteiger partial charge in [0.05, 0.1) is 0 Å². The van der Waals surface area contributed by atoms with Gasteiger partial charge >= 0.3 is 0 Å². The number of alkyl halides is 2. The Morgan fingerprint density at radius 3 is 2.00 bits per heavy atom. The summed E-state index contributed by atoms with van der Waals surface area (Å²) >= 11 is 0. The molecular formula is C15H28F2N2. The van der Waals surface area contributed by atoms with Crippen LogP contribution in [-0.2, 0) is 0 Å². The van der Waals surface area contributed by atoms with E-state index in [9.17, 15) is 8.78 Å². The molecule has 0 bridgehead atoms. The number of hydrogen-bond donors (Lipinski definition) is 0. The van der Waals surface area contributed by atoms with E-state index in [1.165, 1.54) is 12.8 Å². The minimum Gasteiger partial charge on any atom is -0.302 e. The van der Waals surface area contributed by atoms with Gasteiger partial charge in [-0.3, -0.25) is 4.90 Å². The highest BCUT2D eigenvalue weighted by Crippen LogP contribution is 2.31. The van der Waals surface area contributed by atoms with E-state index in [0.717, 1.165) is 19.6 Å². The maximum atomic E-state index is 13.1. The molecule has 0 aromatic carbocycles. The van der Waals surface area contributed by atoms with Gasteiger partial charge in [-0.05, 0) is 38.3 Å². The summed E-state index contributed by atoms with van der Waals surface area (Å²) < 4.78 is 26.3. The third kappa shape index (κ3) is 4.38. The average Bonchev–Trinajstić information content (AvgIpc) is 2.31. The van der Waals surface area contributed by atoms with E-state index in [-0.39, 0.29) is 12.8 Å². The molecule has 0 aromatic rings. The van der Waals surface area contributed by atoms with Crippen molar-refractivity contribution in [3.05, 3.63) is 0 Å². The van der Waals surface area contributed by atoms with Gasteiger partial charge in [-0.25, -0.2) is 8.78 Å². The van der Waals surface area contributed by atoms with E-state index >= 15 is 0 Å². The van der Waals surface area contributed by atoms with Gasteiger partial charge in [0.2, 0.25) is 0 Å². The Morgan fingerprint density at radius 1 is 0.947 bits per heavy atom. The number of nitrogens with zero attached hydrogens (tertiary/aromatic N) is 2. The summed E-state index contributed by atoms with van der Waals surface area (Å²) in [6.07, 6.45) is 2.56. The lowest BCUT2D eigenvalue weighted by Gasteiger charge is -2.41. The molecule has 2 nitrogen and oxygen atoms in total. The van der Waals surface area contributed by atoms with Crippen molar-refractivity contribution in [3.8, 4) is 0 Å². The fraction of sp³-hybridized carbons (Fsp3) is 1.00. The average molecular weight is 274 g/mol. The number of likely N-dealkylation sites (tertiary alicyclic amines) is 2. The fourth-order valence-electron chi connectivity index (χ4n) is 3.12. The molecule has 0 spiro atoms. The second-order valence-electron chi connectivity index (χ2n) is 7.21. The molecule has 0 aromatic heterocycles. The van der Waals surface area contributed by atoms with Gasteiger partial charge < -0.3 is 4.90 Å². The fourth-order valence-corrected chi connectivity index (χ4v) is 3.12. The van der Waals surface area contributed by atoms with Gasteiger partial charge in [-0.2, -0.15) is 0 Å². The third-order valence-electron chi connectivity index (χ3n) is 4.88. The van der Waals surface area contributed by atoms with Crippen molar-refractivity contribution in [2.24, 2.45) is 5.41 Å². The molecule has 1 atom stereocenters. The molecule has 2 aliphatic heterocycles. The Hall–Kier alpha value is -0.220. The Balaban J connectivity index is 1.74. The monoisotopic (exact) mass is 274 g/mol. The van der Waals surface area contributed by atoms with E-state index in [2.05, 4.69) is 30.6 Å². The molecule has 0 saturated carbocycles. The molecule has 2 rings (SSSR count). The van der Waals surface area contributed by atoms with Crippen LogP contribution in [0, 0.1) is 5.41 Å². The number of halogens is 2. The van der Waals surface area contributed by atoms with Crippen LogP contribution in [0.1, 0.15) is 46.5 Å². The number of hydrogen-bond acceptors (Lipinski definition) is 2. The molecule has 1 unspecified atom stereocenters. The topological polar surface area (TPSA) is 6.48 Å². The standard InChI is InChI=1S/C15H28F2N2/c1-13(19-10-6-15(16,17)7-11-19)12-18-8-4-14(2,3)5-9-18/h13H,4-12H2,1-3H3. The van der Waals surface area contributed by atoms with E-state index in [0.29, 0.717) is 24.5 Å². The van der Waals surface area contributed by atoms with Gasteiger partial charge in [0.25, 0.3) is 5.92 Å². The van der Waals surface area contributed by atoms with Crippen LogP contribution in [0.3, 0.4) is 0 Å². The summed E-state index contributed by atoms with van der Waals surface area (Å²) in [5.41, 5.74) is 0.479. The lowest BCUT2D eigenvalue weighted by molar-refractivity contribution is -0.0644. The van der Waals surface area contributed by atoms with Crippen LogP contribution in [0.5, 0.6) is 0 Å². The Labute approximate surface area is 116 Å².